The van der Waals surface area contributed by atoms with Gasteiger partial charge in [0, 0.05) is 11.1 Å². The van der Waals surface area contributed by atoms with E-state index in [1.54, 1.807) is 42.2 Å². The Morgan fingerprint density at radius 3 is 2.19 bits per heavy atom. The number of hydrogen-bond acceptors (Lipinski definition) is 5. The lowest BCUT2D eigenvalue weighted by atomic mass is 10.0. The Kier molecular flexibility index (Phi) is 5.60. The van der Waals surface area contributed by atoms with Crippen LogP contribution in [0, 0.1) is 0 Å². The Hall–Kier alpha value is -4.19. The molecule has 6 nitrogen and oxygen atoms in total. The molecule has 0 atom stereocenters. The van der Waals surface area contributed by atoms with Gasteiger partial charge in [0.2, 0.25) is 0 Å². The third kappa shape index (κ3) is 3.56. The second-order valence-corrected chi connectivity index (χ2v) is 7.26. The summed E-state index contributed by atoms with van der Waals surface area (Å²) in [5.41, 5.74) is 2.68. The maximum absolute atomic E-state index is 13.6. The van der Waals surface area contributed by atoms with E-state index in [0.29, 0.717) is 22.5 Å². The molecular formula is C26H21NO5. The van der Waals surface area contributed by atoms with Gasteiger partial charge in [-0.1, -0.05) is 48.5 Å². The van der Waals surface area contributed by atoms with Gasteiger partial charge in [-0.3, -0.25) is 9.69 Å². The number of rotatable bonds is 4. The van der Waals surface area contributed by atoms with Crippen molar-refractivity contribution in [3.63, 3.8) is 0 Å². The van der Waals surface area contributed by atoms with Crippen LogP contribution in [0.4, 0.5) is 5.69 Å². The van der Waals surface area contributed by atoms with Crippen LogP contribution in [0.25, 0.3) is 16.8 Å². The monoisotopic (exact) mass is 427 g/mol. The molecular weight excluding hydrogens is 406 g/mol. The first-order valence-electron chi connectivity index (χ1n) is 9.98. The maximum Gasteiger partial charge on any atom is 0.340 e. The summed E-state index contributed by atoms with van der Waals surface area (Å²) in [5, 5.41) is 1.89. The van der Waals surface area contributed by atoms with Crippen LogP contribution in [0.15, 0.2) is 83.6 Å². The first-order chi connectivity index (χ1) is 15.5. The van der Waals surface area contributed by atoms with E-state index in [1.807, 2.05) is 42.5 Å². The third-order valence-corrected chi connectivity index (χ3v) is 5.44. The average Bonchev–Trinajstić information content (AvgIpc) is 3.07. The molecule has 0 radical (unpaired) electrons. The first kappa shape index (κ1) is 21.1. The molecule has 1 amide bonds. The van der Waals surface area contributed by atoms with E-state index in [9.17, 15) is 14.4 Å². The fourth-order valence-corrected chi connectivity index (χ4v) is 3.87. The van der Waals surface area contributed by atoms with Crippen molar-refractivity contribution in [1.29, 1.82) is 0 Å². The van der Waals surface area contributed by atoms with E-state index >= 15 is 0 Å². The summed E-state index contributed by atoms with van der Waals surface area (Å²) in [6.45, 7) is 1.73. The van der Waals surface area contributed by atoms with Gasteiger partial charge in [0.25, 0.3) is 5.91 Å². The fourth-order valence-electron chi connectivity index (χ4n) is 3.87. The van der Waals surface area contributed by atoms with Gasteiger partial charge < -0.3 is 9.47 Å². The zero-order chi connectivity index (χ0) is 22.8. The van der Waals surface area contributed by atoms with Crippen LogP contribution in [-0.2, 0) is 19.1 Å². The van der Waals surface area contributed by atoms with Gasteiger partial charge in [0.15, 0.2) is 0 Å². The SMILES string of the molecule is COC(=O)C1=C(C)N(c2cccc3ccccc23)C(=O)/C1=C\c1ccc(C(=O)OC)cc1. The van der Waals surface area contributed by atoms with Crippen LogP contribution < -0.4 is 4.90 Å². The van der Waals surface area contributed by atoms with Crippen molar-refractivity contribution < 1.29 is 23.9 Å². The summed E-state index contributed by atoms with van der Waals surface area (Å²) in [6.07, 6.45) is 1.63. The van der Waals surface area contributed by atoms with Gasteiger partial charge in [-0.05, 0) is 42.1 Å². The molecule has 160 valence electrons. The number of esters is 2. The van der Waals surface area contributed by atoms with Crippen molar-refractivity contribution in [3.8, 4) is 0 Å². The Morgan fingerprint density at radius 2 is 1.50 bits per heavy atom. The minimum absolute atomic E-state index is 0.211. The highest BCUT2D eigenvalue weighted by atomic mass is 16.5. The van der Waals surface area contributed by atoms with Crippen molar-refractivity contribution in [3.05, 3.63) is 94.7 Å². The standard InChI is InChI=1S/C26H21NO5/c1-16-23(26(30)32-3)21(15-17-11-13-19(14-12-17)25(29)31-2)24(28)27(16)22-10-6-8-18-7-4-5-9-20(18)22/h4-15H,1-3H3/b21-15-. The number of benzene rings is 3. The number of allylic oxidation sites excluding steroid dienone is 1. The van der Waals surface area contributed by atoms with Crippen molar-refractivity contribution in [2.45, 2.75) is 6.92 Å². The molecule has 0 spiro atoms. The van der Waals surface area contributed by atoms with Gasteiger partial charge in [0.1, 0.15) is 0 Å². The lowest BCUT2D eigenvalue weighted by molar-refractivity contribution is -0.136. The van der Waals surface area contributed by atoms with Gasteiger partial charge in [0.05, 0.1) is 36.6 Å². The molecule has 0 saturated heterocycles. The molecule has 6 heteroatoms. The van der Waals surface area contributed by atoms with Crippen LogP contribution in [0.2, 0.25) is 0 Å². The molecule has 0 fully saturated rings. The molecule has 0 bridgehead atoms. The normalized spacial score (nSPS) is 14.9. The quantitative estimate of drug-likeness (QED) is 0.453. The first-order valence-corrected chi connectivity index (χ1v) is 9.98. The predicted octanol–water partition coefficient (Wildman–Crippen LogP) is 4.50. The molecule has 0 aliphatic carbocycles. The number of nitrogens with zero attached hydrogens (tertiary/aromatic N) is 1. The minimum atomic E-state index is -0.587. The zero-order valence-corrected chi connectivity index (χ0v) is 17.9. The number of anilines is 1. The molecule has 32 heavy (non-hydrogen) atoms. The second-order valence-electron chi connectivity index (χ2n) is 7.26. The Bertz CT molecular complexity index is 1300. The summed E-state index contributed by atoms with van der Waals surface area (Å²) in [5.74, 6) is -1.36. The number of carbonyl (C=O) groups excluding carboxylic acids is 3. The van der Waals surface area contributed by atoms with Crippen LogP contribution >= 0.6 is 0 Å². The summed E-state index contributed by atoms with van der Waals surface area (Å²) < 4.78 is 9.70. The fraction of sp³-hybridized carbons (Fsp3) is 0.115. The number of hydrogen-bond donors (Lipinski definition) is 0. The average molecular weight is 427 g/mol. The summed E-state index contributed by atoms with van der Waals surface area (Å²) >= 11 is 0. The third-order valence-electron chi connectivity index (χ3n) is 5.44. The molecule has 0 unspecified atom stereocenters. The van der Waals surface area contributed by atoms with Crippen LogP contribution in [0.1, 0.15) is 22.8 Å². The van der Waals surface area contributed by atoms with E-state index in [2.05, 4.69) is 0 Å². The van der Waals surface area contributed by atoms with Crippen LogP contribution in [0.5, 0.6) is 0 Å². The number of fused-ring (bicyclic) bond motifs is 1. The molecule has 1 heterocycles. The molecule has 0 aromatic heterocycles. The molecule has 4 rings (SSSR count). The van der Waals surface area contributed by atoms with Gasteiger partial charge >= 0.3 is 11.9 Å². The predicted molar refractivity (Wildman–Crippen MR) is 122 cm³/mol. The Labute approximate surface area is 185 Å². The lowest BCUT2D eigenvalue weighted by Gasteiger charge is -2.20. The topological polar surface area (TPSA) is 72.9 Å². The van der Waals surface area contributed by atoms with E-state index in [-0.39, 0.29) is 17.1 Å². The van der Waals surface area contributed by atoms with Gasteiger partial charge in [-0.15, -0.1) is 0 Å². The summed E-state index contributed by atoms with van der Waals surface area (Å²) in [4.78, 5) is 39.4. The zero-order valence-electron chi connectivity index (χ0n) is 17.9. The van der Waals surface area contributed by atoms with Crippen molar-refractivity contribution >= 4 is 40.4 Å². The number of amides is 1. The minimum Gasteiger partial charge on any atom is -0.465 e. The highest BCUT2D eigenvalue weighted by Crippen LogP contribution is 2.38. The smallest absolute Gasteiger partial charge is 0.340 e. The molecule has 1 aliphatic heterocycles. The number of methoxy groups -OCH3 is 2. The van der Waals surface area contributed by atoms with Crippen molar-refractivity contribution in [2.24, 2.45) is 0 Å². The molecule has 1 aliphatic rings. The highest BCUT2D eigenvalue weighted by molar-refractivity contribution is 6.25. The van der Waals surface area contributed by atoms with Crippen LogP contribution in [0.3, 0.4) is 0 Å². The highest BCUT2D eigenvalue weighted by Gasteiger charge is 2.38. The molecule has 0 saturated carbocycles. The van der Waals surface area contributed by atoms with E-state index in [4.69, 9.17) is 9.47 Å². The second kappa shape index (κ2) is 8.51. The van der Waals surface area contributed by atoms with Crippen molar-refractivity contribution in [2.75, 3.05) is 19.1 Å². The Morgan fingerprint density at radius 1 is 0.844 bits per heavy atom. The largest absolute Gasteiger partial charge is 0.465 e. The maximum atomic E-state index is 13.6. The van der Waals surface area contributed by atoms with E-state index in [1.165, 1.54) is 14.2 Å². The van der Waals surface area contributed by atoms with Crippen LogP contribution in [-0.4, -0.2) is 32.1 Å². The van der Waals surface area contributed by atoms with E-state index < -0.39 is 11.9 Å². The summed E-state index contributed by atoms with van der Waals surface area (Å²) in [6, 6.07) is 20.1. The number of carbonyl (C=O) groups is 3. The lowest BCUT2D eigenvalue weighted by Crippen LogP contribution is -2.24. The Balaban J connectivity index is 1.83. The molecule has 0 N–H and O–H groups in total. The molecule has 3 aromatic carbocycles. The number of ether oxygens (including phenoxy) is 2. The van der Waals surface area contributed by atoms with Gasteiger partial charge in [-0.25, -0.2) is 9.59 Å². The van der Waals surface area contributed by atoms with Gasteiger partial charge in [-0.2, -0.15) is 0 Å². The molecule has 3 aromatic rings. The summed E-state index contributed by atoms with van der Waals surface area (Å²) in [7, 11) is 2.60. The van der Waals surface area contributed by atoms with E-state index in [0.717, 1.165) is 10.8 Å². The van der Waals surface area contributed by atoms with Crippen molar-refractivity contribution in [1.82, 2.24) is 0 Å².